The van der Waals surface area contributed by atoms with Gasteiger partial charge in [-0.25, -0.2) is 4.39 Å². The van der Waals surface area contributed by atoms with Crippen molar-refractivity contribution in [3.8, 4) is 0 Å². The highest BCUT2D eigenvalue weighted by molar-refractivity contribution is 6.30. The molecule has 17 heavy (non-hydrogen) atoms. The lowest BCUT2D eigenvalue weighted by atomic mass is 10.1. The molecule has 0 bridgehead atoms. The largest absolute Gasteiger partial charge is 0.383 e. The highest BCUT2D eigenvalue weighted by Crippen LogP contribution is 2.25. The Kier molecular flexibility index (Phi) is 5.85. The molecule has 0 aliphatic heterocycles. The Hall–Kier alpha value is -0.680. The molecule has 0 saturated carbocycles. The van der Waals surface area contributed by atoms with Gasteiger partial charge in [-0.2, -0.15) is 0 Å². The van der Waals surface area contributed by atoms with Crippen molar-refractivity contribution >= 4 is 11.6 Å². The van der Waals surface area contributed by atoms with Crippen LogP contribution in [0.2, 0.25) is 5.02 Å². The SMILES string of the molecule is COCCN(C)C(CN)c1cccc(Cl)c1F. The summed E-state index contributed by atoms with van der Waals surface area (Å²) in [5.41, 5.74) is 6.23. The van der Waals surface area contributed by atoms with Crippen LogP contribution in [0.3, 0.4) is 0 Å². The number of halogens is 2. The van der Waals surface area contributed by atoms with E-state index in [1.165, 1.54) is 6.07 Å². The molecule has 96 valence electrons. The van der Waals surface area contributed by atoms with Crippen LogP contribution in [0.25, 0.3) is 0 Å². The van der Waals surface area contributed by atoms with Crippen molar-refractivity contribution in [2.24, 2.45) is 5.73 Å². The average molecular weight is 261 g/mol. The van der Waals surface area contributed by atoms with E-state index in [1.807, 2.05) is 11.9 Å². The lowest BCUT2D eigenvalue weighted by Crippen LogP contribution is -2.33. The standard InChI is InChI=1S/C12H18ClFN2O/c1-16(6-7-17-2)11(8-15)9-4-3-5-10(13)12(9)14/h3-5,11H,6-8,15H2,1-2H3. The first-order chi connectivity index (χ1) is 8.11. The van der Waals surface area contributed by atoms with E-state index in [2.05, 4.69) is 0 Å². The van der Waals surface area contributed by atoms with E-state index in [0.29, 0.717) is 25.3 Å². The predicted octanol–water partition coefficient (Wildman–Crippen LogP) is 2.06. The van der Waals surface area contributed by atoms with Crippen LogP contribution in [0, 0.1) is 5.82 Å². The summed E-state index contributed by atoms with van der Waals surface area (Å²) in [7, 11) is 3.52. The first kappa shape index (κ1) is 14.4. The van der Waals surface area contributed by atoms with Crippen LogP contribution in [0.1, 0.15) is 11.6 Å². The molecule has 0 aliphatic carbocycles. The number of nitrogens with two attached hydrogens (primary N) is 1. The Bertz CT molecular complexity index is 362. The maximum absolute atomic E-state index is 13.9. The summed E-state index contributed by atoms with van der Waals surface area (Å²) in [4.78, 5) is 1.96. The molecule has 0 saturated heterocycles. The van der Waals surface area contributed by atoms with E-state index in [0.717, 1.165) is 0 Å². The van der Waals surface area contributed by atoms with E-state index >= 15 is 0 Å². The van der Waals surface area contributed by atoms with Crippen molar-refractivity contribution < 1.29 is 9.13 Å². The van der Waals surface area contributed by atoms with Gasteiger partial charge in [-0.05, 0) is 13.1 Å². The minimum atomic E-state index is -0.395. The van der Waals surface area contributed by atoms with Crippen molar-refractivity contribution in [1.82, 2.24) is 4.90 Å². The topological polar surface area (TPSA) is 38.5 Å². The van der Waals surface area contributed by atoms with E-state index in [4.69, 9.17) is 22.1 Å². The van der Waals surface area contributed by atoms with Crippen LogP contribution >= 0.6 is 11.6 Å². The normalized spacial score (nSPS) is 13.1. The Morgan fingerprint density at radius 2 is 2.24 bits per heavy atom. The fourth-order valence-corrected chi connectivity index (χ4v) is 1.90. The molecular formula is C12H18ClFN2O. The smallest absolute Gasteiger partial charge is 0.146 e. The molecule has 3 nitrogen and oxygen atoms in total. The van der Waals surface area contributed by atoms with Gasteiger partial charge in [0.2, 0.25) is 0 Å². The van der Waals surface area contributed by atoms with Crippen molar-refractivity contribution in [2.45, 2.75) is 6.04 Å². The monoisotopic (exact) mass is 260 g/mol. The number of ether oxygens (including phenoxy) is 1. The molecule has 0 aromatic heterocycles. The van der Waals surface area contributed by atoms with Gasteiger partial charge in [-0.15, -0.1) is 0 Å². The van der Waals surface area contributed by atoms with Crippen LogP contribution in [-0.4, -0.2) is 38.8 Å². The van der Waals surface area contributed by atoms with E-state index in [1.54, 1.807) is 19.2 Å². The summed E-state index contributed by atoms with van der Waals surface area (Å²) in [6.07, 6.45) is 0. The van der Waals surface area contributed by atoms with Gasteiger partial charge >= 0.3 is 0 Å². The molecule has 1 unspecified atom stereocenters. The molecule has 0 radical (unpaired) electrons. The van der Waals surface area contributed by atoms with Gasteiger partial charge in [0.05, 0.1) is 11.6 Å². The highest BCUT2D eigenvalue weighted by Gasteiger charge is 2.19. The number of likely N-dealkylation sites (N-methyl/N-ethyl adjacent to an activating group) is 1. The zero-order chi connectivity index (χ0) is 12.8. The first-order valence-electron chi connectivity index (χ1n) is 5.45. The van der Waals surface area contributed by atoms with Gasteiger partial charge in [0.15, 0.2) is 0 Å². The van der Waals surface area contributed by atoms with Crippen molar-refractivity contribution in [3.63, 3.8) is 0 Å². The third kappa shape index (κ3) is 3.64. The molecule has 1 rings (SSSR count). The number of hydrogen-bond acceptors (Lipinski definition) is 3. The van der Waals surface area contributed by atoms with Crippen LogP contribution < -0.4 is 5.73 Å². The second kappa shape index (κ2) is 6.91. The van der Waals surface area contributed by atoms with Gasteiger partial charge in [0.25, 0.3) is 0 Å². The minimum Gasteiger partial charge on any atom is -0.383 e. The molecule has 0 aliphatic rings. The zero-order valence-electron chi connectivity index (χ0n) is 10.1. The molecule has 0 heterocycles. The molecule has 0 amide bonds. The molecule has 5 heteroatoms. The van der Waals surface area contributed by atoms with Gasteiger partial charge in [-0.3, -0.25) is 4.90 Å². The van der Waals surface area contributed by atoms with Gasteiger partial charge < -0.3 is 10.5 Å². The average Bonchev–Trinajstić information content (AvgIpc) is 2.32. The second-order valence-corrected chi connectivity index (χ2v) is 4.28. The number of methoxy groups -OCH3 is 1. The van der Waals surface area contributed by atoms with Crippen molar-refractivity contribution in [1.29, 1.82) is 0 Å². The third-order valence-corrected chi connectivity index (χ3v) is 3.04. The van der Waals surface area contributed by atoms with Crippen LogP contribution in [0.15, 0.2) is 18.2 Å². The summed E-state index contributed by atoms with van der Waals surface area (Å²) < 4.78 is 18.9. The predicted molar refractivity (Wildman–Crippen MR) is 67.7 cm³/mol. The van der Waals surface area contributed by atoms with Crippen molar-refractivity contribution in [2.75, 3.05) is 33.9 Å². The second-order valence-electron chi connectivity index (χ2n) is 3.87. The molecular weight excluding hydrogens is 243 g/mol. The Balaban J connectivity index is 2.89. The lowest BCUT2D eigenvalue weighted by Gasteiger charge is -2.27. The zero-order valence-corrected chi connectivity index (χ0v) is 10.9. The summed E-state index contributed by atoms with van der Waals surface area (Å²) in [6, 6.07) is 4.78. The van der Waals surface area contributed by atoms with Gasteiger partial charge in [0.1, 0.15) is 5.82 Å². The quantitative estimate of drug-likeness (QED) is 0.851. The third-order valence-electron chi connectivity index (χ3n) is 2.74. The molecule has 0 fully saturated rings. The molecule has 2 N–H and O–H groups in total. The first-order valence-corrected chi connectivity index (χ1v) is 5.82. The lowest BCUT2D eigenvalue weighted by molar-refractivity contribution is 0.139. The van der Waals surface area contributed by atoms with Gasteiger partial charge in [-0.1, -0.05) is 23.7 Å². The Morgan fingerprint density at radius 1 is 1.53 bits per heavy atom. The summed E-state index contributed by atoms with van der Waals surface area (Å²) in [5, 5.41) is 0.126. The van der Waals surface area contributed by atoms with Crippen LogP contribution in [-0.2, 0) is 4.74 Å². The molecule has 1 aromatic rings. The fraction of sp³-hybridized carbons (Fsp3) is 0.500. The van der Waals surface area contributed by atoms with E-state index < -0.39 is 5.82 Å². The summed E-state index contributed by atoms with van der Waals surface area (Å²) >= 11 is 5.76. The summed E-state index contributed by atoms with van der Waals surface area (Å²) in [5.74, 6) is -0.395. The Labute approximate surface area is 106 Å². The van der Waals surface area contributed by atoms with Gasteiger partial charge in [0, 0.05) is 31.8 Å². The molecule has 1 aromatic carbocycles. The van der Waals surface area contributed by atoms with E-state index in [9.17, 15) is 4.39 Å². The number of rotatable bonds is 6. The maximum atomic E-state index is 13.9. The number of benzene rings is 1. The summed E-state index contributed by atoms with van der Waals surface area (Å²) in [6.45, 7) is 1.59. The Morgan fingerprint density at radius 3 is 2.82 bits per heavy atom. The number of hydrogen-bond donors (Lipinski definition) is 1. The van der Waals surface area contributed by atoms with Crippen molar-refractivity contribution in [3.05, 3.63) is 34.6 Å². The van der Waals surface area contributed by atoms with Crippen LogP contribution in [0.5, 0.6) is 0 Å². The fourth-order valence-electron chi connectivity index (χ4n) is 1.71. The van der Waals surface area contributed by atoms with Crippen LogP contribution in [0.4, 0.5) is 4.39 Å². The molecule has 1 atom stereocenters. The number of nitrogens with zero attached hydrogens (tertiary/aromatic N) is 1. The minimum absolute atomic E-state index is 0.126. The highest BCUT2D eigenvalue weighted by atomic mass is 35.5. The molecule has 0 spiro atoms. The van der Waals surface area contributed by atoms with E-state index in [-0.39, 0.29) is 11.1 Å². The maximum Gasteiger partial charge on any atom is 0.146 e.